The Morgan fingerprint density at radius 2 is 1.75 bits per heavy atom. The lowest BCUT2D eigenvalue weighted by molar-refractivity contribution is 0.0601. The first kappa shape index (κ1) is 19.4. The summed E-state index contributed by atoms with van der Waals surface area (Å²) in [7, 11) is 1.33. The lowest BCUT2D eigenvalue weighted by atomic mass is 10.2. The normalized spacial score (nSPS) is 10.2. The lowest BCUT2D eigenvalue weighted by Gasteiger charge is -2.13. The van der Waals surface area contributed by atoms with Crippen molar-refractivity contribution in [1.82, 2.24) is 9.97 Å². The molecule has 144 valence electrons. The van der Waals surface area contributed by atoms with E-state index in [1.807, 2.05) is 31.2 Å². The number of rotatable bonds is 7. The van der Waals surface area contributed by atoms with Crippen LogP contribution in [-0.2, 0) is 4.74 Å². The molecular formula is C20H19ClN4O3. The number of halogens is 1. The molecule has 0 aliphatic carbocycles. The number of benzene rings is 2. The van der Waals surface area contributed by atoms with Crippen LogP contribution in [0.2, 0.25) is 5.02 Å². The van der Waals surface area contributed by atoms with Crippen LogP contribution >= 0.6 is 11.6 Å². The fourth-order valence-electron chi connectivity index (χ4n) is 2.49. The van der Waals surface area contributed by atoms with Gasteiger partial charge < -0.3 is 20.1 Å². The summed E-state index contributed by atoms with van der Waals surface area (Å²) >= 11 is 6.23. The van der Waals surface area contributed by atoms with E-state index < -0.39 is 5.97 Å². The number of anilines is 4. The molecule has 3 aromatic rings. The second kappa shape index (κ2) is 9.05. The predicted octanol–water partition coefficient (Wildman–Crippen LogP) is 4.80. The lowest BCUT2D eigenvalue weighted by Crippen LogP contribution is -2.03. The number of ether oxygens (including phenoxy) is 2. The van der Waals surface area contributed by atoms with Gasteiger partial charge in [0.05, 0.1) is 35.7 Å². The maximum Gasteiger partial charge on any atom is 0.337 e. The number of hydrogen-bond donors (Lipinski definition) is 2. The topological polar surface area (TPSA) is 85.4 Å². The highest BCUT2D eigenvalue weighted by Crippen LogP contribution is 2.29. The zero-order valence-corrected chi connectivity index (χ0v) is 16.2. The van der Waals surface area contributed by atoms with Crippen LogP contribution in [0.5, 0.6) is 5.75 Å². The van der Waals surface area contributed by atoms with Gasteiger partial charge in [-0.15, -0.1) is 0 Å². The summed E-state index contributed by atoms with van der Waals surface area (Å²) in [6.07, 6.45) is 1.42. The number of nitrogens with zero attached hydrogens (tertiary/aromatic N) is 2. The Morgan fingerprint density at radius 3 is 2.46 bits per heavy atom. The van der Waals surface area contributed by atoms with Crippen molar-refractivity contribution in [2.45, 2.75) is 6.92 Å². The molecule has 0 atom stereocenters. The molecule has 0 fully saturated rings. The van der Waals surface area contributed by atoms with Gasteiger partial charge in [0, 0.05) is 6.07 Å². The van der Waals surface area contributed by atoms with Gasteiger partial charge in [0.25, 0.3) is 0 Å². The van der Waals surface area contributed by atoms with Gasteiger partial charge in [0.2, 0.25) is 0 Å². The monoisotopic (exact) mass is 398 g/mol. The van der Waals surface area contributed by atoms with E-state index in [-0.39, 0.29) is 0 Å². The number of para-hydroxylation sites is 2. The third-order valence-electron chi connectivity index (χ3n) is 3.77. The molecular weight excluding hydrogens is 380 g/mol. The molecule has 0 radical (unpaired) electrons. The second-order valence-corrected chi connectivity index (χ2v) is 6.06. The van der Waals surface area contributed by atoms with E-state index in [0.29, 0.717) is 34.5 Å². The Kier molecular flexibility index (Phi) is 6.29. The summed E-state index contributed by atoms with van der Waals surface area (Å²) in [6, 6.07) is 14.1. The van der Waals surface area contributed by atoms with Crippen molar-refractivity contribution in [2.24, 2.45) is 0 Å². The van der Waals surface area contributed by atoms with Gasteiger partial charge in [-0.1, -0.05) is 23.7 Å². The fraction of sp³-hybridized carbons (Fsp3) is 0.150. The highest BCUT2D eigenvalue weighted by Gasteiger charge is 2.10. The van der Waals surface area contributed by atoms with E-state index in [1.165, 1.54) is 13.4 Å². The van der Waals surface area contributed by atoms with Crippen LogP contribution in [0.15, 0.2) is 54.9 Å². The smallest absolute Gasteiger partial charge is 0.337 e. The zero-order chi connectivity index (χ0) is 19.9. The van der Waals surface area contributed by atoms with Gasteiger partial charge in [-0.2, -0.15) is 0 Å². The van der Waals surface area contributed by atoms with E-state index in [9.17, 15) is 4.79 Å². The minimum absolute atomic E-state index is 0.382. The maximum atomic E-state index is 11.7. The molecule has 0 saturated carbocycles. The molecule has 0 aliphatic rings. The average Bonchev–Trinajstić information content (AvgIpc) is 2.71. The number of esters is 1. The molecule has 28 heavy (non-hydrogen) atoms. The molecule has 7 nitrogen and oxygen atoms in total. The Labute approximate surface area is 167 Å². The number of nitrogens with one attached hydrogen (secondary N) is 2. The molecule has 0 saturated heterocycles. The summed E-state index contributed by atoms with van der Waals surface area (Å²) in [5.41, 5.74) is 1.70. The summed E-state index contributed by atoms with van der Waals surface area (Å²) in [5, 5.41) is 6.76. The van der Waals surface area contributed by atoms with Crippen molar-refractivity contribution in [2.75, 3.05) is 24.4 Å². The van der Waals surface area contributed by atoms with Crippen LogP contribution in [-0.4, -0.2) is 29.7 Å². The zero-order valence-electron chi connectivity index (χ0n) is 15.4. The molecule has 1 heterocycles. The summed E-state index contributed by atoms with van der Waals surface area (Å²) in [4.78, 5) is 20.2. The molecule has 0 amide bonds. The van der Waals surface area contributed by atoms with Crippen molar-refractivity contribution in [3.05, 3.63) is 65.4 Å². The molecule has 0 bridgehead atoms. The van der Waals surface area contributed by atoms with Crippen molar-refractivity contribution in [3.8, 4) is 5.75 Å². The van der Waals surface area contributed by atoms with Gasteiger partial charge in [0.1, 0.15) is 23.7 Å². The van der Waals surface area contributed by atoms with Crippen molar-refractivity contribution >= 4 is 40.6 Å². The number of hydrogen-bond acceptors (Lipinski definition) is 7. The van der Waals surface area contributed by atoms with Gasteiger partial charge in [-0.3, -0.25) is 0 Å². The molecule has 3 rings (SSSR count). The van der Waals surface area contributed by atoms with Gasteiger partial charge in [-0.05, 0) is 37.3 Å². The quantitative estimate of drug-likeness (QED) is 0.552. The Hall–Kier alpha value is -3.32. The largest absolute Gasteiger partial charge is 0.492 e. The minimum atomic E-state index is -0.447. The molecule has 1 aromatic heterocycles. The maximum absolute atomic E-state index is 11.7. The first-order chi connectivity index (χ1) is 13.6. The highest BCUT2D eigenvalue weighted by atomic mass is 35.5. The number of carbonyl (C=O) groups is 1. The molecule has 0 spiro atoms. The Morgan fingerprint density at radius 1 is 1.04 bits per heavy atom. The van der Waals surface area contributed by atoms with Crippen molar-refractivity contribution < 1.29 is 14.3 Å². The molecule has 2 aromatic carbocycles. The average molecular weight is 399 g/mol. The van der Waals surface area contributed by atoms with E-state index in [1.54, 1.807) is 24.3 Å². The van der Waals surface area contributed by atoms with Gasteiger partial charge in [-0.25, -0.2) is 14.8 Å². The van der Waals surface area contributed by atoms with Crippen LogP contribution in [0.3, 0.4) is 0 Å². The van der Waals surface area contributed by atoms with Gasteiger partial charge in [0.15, 0.2) is 0 Å². The van der Waals surface area contributed by atoms with E-state index in [0.717, 1.165) is 11.4 Å². The summed E-state index contributed by atoms with van der Waals surface area (Å²) in [6.45, 7) is 2.49. The van der Waals surface area contributed by atoms with Gasteiger partial charge >= 0.3 is 5.97 Å². The highest BCUT2D eigenvalue weighted by molar-refractivity contribution is 6.33. The third kappa shape index (κ3) is 4.69. The number of aromatic nitrogens is 2. The molecule has 0 unspecified atom stereocenters. The molecule has 0 aliphatic heterocycles. The van der Waals surface area contributed by atoms with Crippen LogP contribution in [0.25, 0.3) is 0 Å². The molecule has 8 heteroatoms. The van der Waals surface area contributed by atoms with E-state index >= 15 is 0 Å². The van der Waals surface area contributed by atoms with Crippen LogP contribution in [0, 0.1) is 0 Å². The second-order valence-electron chi connectivity index (χ2n) is 5.65. The third-order valence-corrected chi connectivity index (χ3v) is 4.10. The first-order valence-electron chi connectivity index (χ1n) is 8.56. The SMILES string of the molecule is CCOc1ccccc1Nc1cc(Nc2cc(C(=O)OC)ccc2Cl)ncn1. The molecule has 2 N–H and O–H groups in total. The van der Waals surface area contributed by atoms with Crippen LogP contribution < -0.4 is 15.4 Å². The first-order valence-corrected chi connectivity index (χ1v) is 8.94. The van der Waals surface area contributed by atoms with Crippen LogP contribution in [0.4, 0.5) is 23.0 Å². The number of methoxy groups -OCH3 is 1. The minimum Gasteiger partial charge on any atom is -0.492 e. The summed E-state index contributed by atoms with van der Waals surface area (Å²) < 4.78 is 10.4. The van der Waals surface area contributed by atoms with Crippen LogP contribution in [0.1, 0.15) is 17.3 Å². The standard InChI is InChI=1S/C20H19ClN4O3/c1-3-28-17-7-5-4-6-15(17)24-18-11-19(23-12-22-18)25-16-10-13(20(26)27-2)8-9-14(16)21/h4-12H,3H2,1-2H3,(H2,22,23,24,25). The van der Waals surface area contributed by atoms with E-state index in [4.69, 9.17) is 21.1 Å². The predicted molar refractivity (Wildman–Crippen MR) is 109 cm³/mol. The Balaban J connectivity index is 1.82. The van der Waals surface area contributed by atoms with Crippen molar-refractivity contribution in [3.63, 3.8) is 0 Å². The fourth-order valence-corrected chi connectivity index (χ4v) is 2.65. The number of carbonyl (C=O) groups excluding carboxylic acids is 1. The summed E-state index contributed by atoms with van der Waals surface area (Å²) in [5.74, 6) is 1.37. The van der Waals surface area contributed by atoms with Crippen molar-refractivity contribution in [1.29, 1.82) is 0 Å². The Bertz CT molecular complexity index is 981. The van der Waals surface area contributed by atoms with E-state index in [2.05, 4.69) is 20.6 Å².